The molecule has 0 aromatic heterocycles. The van der Waals surface area contributed by atoms with Crippen LogP contribution in [0.4, 0.5) is 4.39 Å². The van der Waals surface area contributed by atoms with Gasteiger partial charge in [0.25, 0.3) is 0 Å². The van der Waals surface area contributed by atoms with Crippen LogP contribution in [-0.2, 0) is 19.8 Å². The minimum Gasteiger partial charge on any atom is -0.481 e. The molecule has 2 saturated carbocycles. The lowest BCUT2D eigenvalue weighted by Crippen LogP contribution is -2.38. The van der Waals surface area contributed by atoms with Gasteiger partial charge in [-0.25, -0.2) is 4.39 Å². The van der Waals surface area contributed by atoms with Crippen molar-refractivity contribution >= 4 is 5.97 Å². The monoisotopic (exact) mass is 457 g/mol. The Hall–Kier alpha value is -2.18. The fraction of sp³-hybridized carbons (Fsp3) is 0.593. The van der Waals surface area contributed by atoms with Gasteiger partial charge in [-0.15, -0.1) is 0 Å². The van der Waals surface area contributed by atoms with Gasteiger partial charge in [0.1, 0.15) is 5.82 Å². The molecule has 0 amide bonds. The molecule has 6 heteroatoms. The van der Waals surface area contributed by atoms with Crippen LogP contribution in [0, 0.1) is 17.7 Å². The zero-order valence-electron chi connectivity index (χ0n) is 19.5. The zero-order chi connectivity index (χ0) is 23.3. The first-order valence-electron chi connectivity index (χ1n) is 12.3. The Morgan fingerprint density at radius 3 is 2.70 bits per heavy atom. The summed E-state index contributed by atoms with van der Waals surface area (Å²) in [4.78, 5) is 16.3. The number of nitrogens with one attached hydrogen (secondary N) is 1. The van der Waals surface area contributed by atoms with Crippen LogP contribution in [0.2, 0.25) is 0 Å². The number of hydroxylamine groups is 1. The number of carboxylic acid groups (broad SMARTS) is 1. The smallest absolute Gasteiger partial charge is 0.303 e. The quantitative estimate of drug-likeness (QED) is 0.269. The maximum Gasteiger partial charge on any atom is 0.303 e. The van der Waals surface area contributed by atoms with Crippen molar-refractivity contribution in [3.8, 4) is 0 Å². The van der Waals surface area contributed by atoms with Gasteiger partial charge >= 0.3 is 5.97 Å². The molecule has 33 heavy (non-hydrogen) atoms. The molecule has 1 aromatic carbocycles. The summed E-state index contributed by atoms with van der Waals surface area (Å²) in [5.41, 5.74) is 6.71. The highest BCUT2D eigenvalue weighted by Crippen LogP contribution is 2.57. The molecule has 2 bridgehead atoms. The van der Waals surface area contributed by atoms with Crippen molar-refractivity contribution in [3.63, 3.8) is 0 Å². The van der Waals surface area contributed by atoms with E-state index in [9.17, 15) is 9.18 Å². The molecule has 5 nitrogen and oxygen atoms in total. The van der Waals surface area contributed by atoms with E-state index >= 15 is 0 Å². The van der Waals surface area contributed by atoms with Crippen molar-refractivity contribution in [2.45, 2.75) is 75.7 Å². The number of hydrogen-bond acceptors (Lipinski definition) is 4. The zero-order valence-corrected chi connectivity index (χ0v) is 19.5. The summed E-state index contributed by atoms with van der Waals surface area (Å²) in [6, 6.07) is 6.93. The molecule has 3 fully saturated rings. The second kappa shape index (κ2) is 10.8. The average molecular weight is 458 g/mol. The van der Waals surface area contributed by atoms with Gasteiger partial charge in [0.05, 0.1) is 19.8 Å². The van der Waals surface area contributed by atoms with Crippen LogP contribution >= 0.6 is 0 Å². The second-order valence-corrected chi connectivity index (χ2v) is 9.72. The highest BCUT2D eigenvalue weighted by Gasteiger charge is 2.57. The Morgan fingerprint density at radius 2 is 2.00 bits per heavy atom. The number of carbonyl (C=O) groups is 1. The third-order valence-corrected chi connectivity index (χ3v) is 7.74. The van der Waals surface area contributed by atoms with E-state index in [0.29, 0.717) is 18.9 Å². The number of rotatable bonds is 10. The number of carboxylic acids is 1. The van der Waals surface area contributed by atoms with Crippen LogP contribution < -0.4 is 5.48 Å². The number of unbranched alkanes of at least 4 members (excludes halogenated alkanes) is 1. The van der Waals surface area contributed by atoms with E-state index in [2.05, 4.69) is 17.6 Å². The topological polar surface area (TPSA) is 67.8 Å². The van der Waals surface area contributed by atoms with Gasteiger partial charge in [-0.1, -0.05) is 43.5 Å². The molecule has 1 heterocycles. The summed E-state index contributed by atoms with van der Waals surface area (Å²) >= 11 is 0. The van der Waals surface area contributed by atoms with Gasteiger partial charge in [0.2, 0.25) is 0 Å². The fourth-order valence-electron chi connectivity index (χ4n) is 6.16. The van der Waals surface area contributed by atoms with E-state index < -0.39 is 5.97 Å². The Bertz CT molecular complexity index is 875. The van der Waals surface area contributed by atoms with Gasteiger partial charge in [0.15, 0.2) is 0 Å². The van der Waals surface area contributed by atoms with Crippen molar-refractivity contribution in [2.24, 2.45) is 11.8 Å². The van der Waals surface area contributed by atoms with Crippen molar-refractivity contribution in [3.05, 3.63) is 59.1 Å². The van der Waals surface area contributed by atoms with Crippen LogP contribution in [0.3, 0.4) is 0 Å². The molecular formula is C27H36FNO4. The normalized spacial score (nSPS) is 29.0. The summed E-state index contributed by atoms with van der Waals surface area (Å²) in [6.07, 6.45) is 13.7. The lowest BCUT2D eigenvalue weighted by Gasteiger charge is -2.38. The predicted octanol–water partition coefficient (Wildman–Crippen LogP) is 5.67. The standard InChI is InChI=1S/C27H36FNO4/c1-32-29-26(19-9-5-4-6-10-19)25-22(11-7-2-3-8-12-24(30)31)27(17-23(25)33-18-27)20-13-15-21(28)16-14-20/h2,7,13-16,19,22-23,29H,3-6,8-12,17-18H2,1H3,(H,30,31)/t22-,23-,27-/m0/s1. The summed E-state index contributed by atoms with van der Waals surface area (Å²) in [6.45, 7) is 0.634. The average Bonchev–Trinajstić information content (AvgIpc) is 3.38. The third kappa shape index (κ3) is 5.17. The first kappa shape index (κ1) is 24.0. The summed E-state index contributed by atoms with van der Waals surface area (Å²) in [7, 11) is 1.67. The Labute approximate surface area is 196 Å². The number of aliphatic carboxylic acids is 1. The number of allylic oxidation sites excluding steroid dienone is 3. The number of hydrogen-bond donors (Lipinski definition) is 2. The SMILES string of the molecule is CONC(=C1[C@@H]2C[C@@](c3ccc(F)cc3)(CO2)[C@H]1CC=CCCCC(=O)O)C1CCCCC1. The molecule has 2 aliphatic carbocycles. The number of halogens is 1. The molecule has 0 spiro atoms. The molecule has 1 aromatic rings. The van der Waals surface area contributed by atoms with Crippen LogP contribution in [0.5, 0.6) is 0 Å². The summed E-state index contributed by atoms with van der Waals surface area (Å²) in [5, 5.41) is 8.87. The van der Waals surface area contributed by atoms with Crippen molar-refractivity contribution < 1.29 is 23.9 Å². The molecule has 2 N–H and O–H groups in total. The molecule has 3 atom stereocenters. The Morgan fingerprint density at radius 1 is 1.24 bits per heavy atom. The van der Waals surface area contributed by atoms with Gasteiger partial charge in [-0.2, -0.15) is 0 Å². The lowest BCUT2D eigenvalue weighted by atomic mass is 9.69. The molecule has 4 rings (SSSR count). The van der Waals surface area contributed by atoms with Gasteiger partial charge in [-0.05, 0) is 67.7 Å². The van der Waals surface area contributed by atoms with Gasteiger partial charge in [-0.3, -0.25) is 15.1 Å². The highest BCUT2D eigenvalue weighted by molar-refractivity contribution is 5.66. The molecule has 0 unspecified atom stereocenters. The van der Waals surface area contributed by atoms with Crippen molar-refractivity contribution in [2.75, 3.05) is 13.7 Å². The maximum absolute atomic E-state index is 13.7. The highest BCUT2D eigenvalue weighted by atomic mass is 19.1. The van der Waals surface area contributed by atoms with E-state index in [-0.39, 0.29) is 29.7 Å². The van der Waals surface area contributed by atoms with E-state index in [0.717, 1.165) is 37.7 Å². The van der Waals surface area contributed by atoms with Crippen LogP contribution in [0.25, 0.3) is 0 Å². The molecule has 1 aliphatic heterocycles. The van der Waals surface area contributed by atoms with E-state index in [4.69, 9.17) is 14.7 Å². The Balaban J connectivity index is 1.66. The minimum atomic E-state index is -0.753. The number of ether oxygens (including phenoxy) is 1. The molecule has 0 radical (unpaired) electrons. The first-order valence-corrected chi connectivity index (χ1v) is 12.3. The molecule has 180 valence electrons. The molecular weight excluding hydrogens is 421 g/mol. The third-order valence-electron chi connectivity index (χ3n) is 7.74. The molecule has 3 aliphatic rings. The lowest BCUT2D eigenvalue weighted by molar-refractivity contribution is -0.137. The summed E-state index contributed by atoms with van der Waals surface area (Å²) in [5.74, 6) is -0.295. The largest absolute Gasteiger partial charge is 0.481 e. The Kier molecular flexibility index (Phi) is 7.86. The van der Waals surface area contributed by atoms with Crippen molar-refractivity contribution in [1.29, 1.82) is 0 Å². The van der Waals surface area contributed by atoms with Crippen LogP contribution in [-0.4, -0.2) is 30.9 Å². The second-order valence-electron chi connectivity index (χ2n) is 9.72. The van der Waals surface area contributed by atoms with Gasteiger partial charge < -0.3 is 9.84 Å². The first-order chi connectivity index (χ1) is 16.0. The predicted molar refractivity (Wildman–Crippen MR) is 125 cm³/mol. The van der Waals surface area contributed by atoms with E-state index in [1.165, 1.54) is 30.5 Å². The van der Waals surface area contributed by atoms with Crippen LogP contribution in [0.1, 0.15) is 69.8 Å². The van der Waals surface area contributed by atoms with Crippen molar-refractivity contribution in [1.82, 2.24) is 5.48 Å². The minimum absolute atomic E-state index is 0.0417. The van der Waals surface area contributed by atoms with E-state index in [1.807, 2.05) is 12.1 Å². The number of benzene rings is 1. The maximum atomic E-state index is 13.7. The fourth-order valence-corrected chi connectivity index (χ4v) is 6.16. The number of fused-ring (bicyclic) bond motifs is 2. The van der Waals surface area contributed by atoms with Crippen LogP contribution in [0.15, 0.2) is 47.7 Å². The summed E-state index contributed by atoms with van der Waals surface area (Å²) < 4.78 is 20.1. The molecule has 1 saturated heterocycles. The van der Waals surface area contributed by atoms with Gasteiger partial charge in [0, 0.05) is 23.5 Å². The van der Waals surface area contributed by atoms with E-state index in [1.54, 1.807) is 19.2 Å².